The third-order valence-electron chi connectivity index (χ3n) is 3.02. The van der Waals surface area contributed by atoms with Crippen molar-refractivity contribution in [2.75, 3.05) is 0 Å². The van der Waals surface area contributed by atoms with Crippen LogP contribution >= 0.6 is 47.8 Å². The highest BCUT2D eigenvalue weighted by atomic mass is 79.9. The molecule has 0 unspecified atom stereocenters. The topological polar surface area (TPSA) is 65.7 Å². The molecular formula is C14H7Br3N2O2. The third-order valence-corrected chi connectivity index (χ3v) is 4.86. The second-order valence-corrected chi connectivity index (χ2v) is 7.03. The number of halogens is 3. The number of benzene rings is 2. The van der Waals surface area contributed by atoms with E-state index in [2.05, 4.69) is 57.8 Å². The van der Waals surface area contributed by atoms with Gasteiger partial charge in [0.05, 0.1) is 11.0 Å². The summed E-state index contributed by atoms with van der Waals surface area (Å²) in [5.41, 5.74) is 1.97. The average Bonchev–Trinajstić information content (AvgIpc) is 2.79. The smallest absolute Gasteiger partial charge is 0.306 e. The number of aromatic nitrogens is 2. The molecule has 0 amide bonds. The van der Waals surface area contributed by atoms with Crippen LogP contribution in [0.5, 0.6) is 0 Å². The van der Waals surface area contributed by atoms with Crippen LogP contribution in [0.15, 0.2) is 48.5 Å². The SMILES string of the molecule is O=C(c1cc(Br)ccc1Br)c1cc2[nH]c(=O)[nH]c2cc1Br. The molecule has 1 heterocycles. The molecule has 4 nitrogen and oxygen atoms in total. The van der Waals surface area contributed by atoms with Gasteiger partial charge >= 0.3 is 5.69 Å². The first-order valence-corrected chi connectivity index (χ1v) is 8.25. The van der Waals surface area contributed by atoms with Crippen LogP contribution in [0.4, 0.5) is 0 Å². The minimum atomic E-state index is -0.301. The predicted octanol–water partition coefficient (Wildman–Crippen LogP) is 4.37. The second kappa shape index (κ2) is 5.55. The van der Waals surface area contributed by atoms with Gasteiger partial charge in [-0.15, -0.1) is 0 Å². The highest BCUT2D eigenvalue weighted by Crippen LogP contribution is 2.28. The number of rotatable bonds is 2. The number of nitrogens with one attached hydrogen (secondary N) is 2. The number of fused-ring (bicyclic) bond motifs is 1. The highest BCUT2D eigenvalue weighted by Gasteiger charge is 2.17. The third kappa shape index (κ3) is 2.77. The van der Waals surface area contributed by atoms with E-state index in [0.29, 0.717) is 31.1 Å². The van der Waals surface area contributed by atoms with Crippen LogP contribution < -0.4 is 5.69 Å². The number of hydrogen-bond acceptors (Lipinski definition) is 2. The van der Waals surface area contributed by atoms with Gasteiger partial charge in [-0.05, 0) is 46.3 Å². The Kier molecular flexibility index (Phi) is 3.90. The summed E-state index contributed by atoms with van der Waals surface area (Å²) in [6.45, 7) is 0. The summed E-state index contributed by atoms with van der Waals surface area (Å²) in [4.78, 5) is 29.3. The molecule has 0 fully saturated rings. The van der Waals surface area contributed by atoms with Gasteiger partial charge in [0.15, 0.2) is 5.78 Å². The molecule has 7 heteroatoms. The first-order valence-electron chi connectivity index (χ1n) is 5.87. The van der Waals surface area contributed by atoms with Gasteiger partial charge in [0.25, 0.3) is 0 Å². The molecule has 0 saturated carbocycles. The summed E-state index contributed by atoms with van der Waals surface area (Å²) in [6.07, 6.45) is 0. The zero-order chi connectivity index (χ0) is 15.1. The lowest BCUT2D eigenvalue weighted by molar-refractivity contribution is 0.103. The Bertz CT molecular complexity index is 928. The van der Waals surface area contributed by atoms with Gasteiger partial charge in [-0.25, -0.2) is 4.79 Å². The van der Waals surface area contributed by atoms with Crippen molar-refractivity contribution in [1.29, 1.82) is 0 Å². The second-order valence-electron chi connectivity index (χ2n) is 4.41. The van der Waals surface area contributed by atoms with Crippen molar-refractivity contribution in [3.05, 3.63) is 65.4 Å². The van der Waals surface area contributed by atoms with E-state index in [1.54, 1.807) is 18.2 Å². The quantitative estimate of drug-likeness (QED) is 0.541. The summed E-state index contributed by atoms with van der Waals surface area (Å²) < 4.78 is 2.16. The van der Waals surface area contributed by atoms with Crippen LogP contribution in [-0.2, 0) is 0 Å². The van der Waals surface area contributed by atoms with Gasteiger partial charge in [-0.3, -0.25) is 4.79 Å². The van der Waals surface area contributed by atoms with E-state index in [-0.39, 0.29) is 11.5 Å². The number of carbonyl (C=O) groups is 1. The number of imidazole rings is 1. The molecule has 1 aromatic heterocycles. The highest BCUT2D eigenvalue weighted by molar-refractivity contribution is 9.11. The minimum Gasteiger partial charge on any atom is -0.306 e. The molecule has 3 aromatic rings. The van der Waals surface area contributed by atoms with Crippen LogP contribution in [-0.4, -0.2) is 15.8 Å². The molecule has 0 aliphatic heterocycles. The monoisotopic (exact) mass is 472 g/mol. The lowest BCUT2D eigenvalue weighted by atomic mass is 10.0. The van der Waals surface area contributed by atoms with Crippen LogP contribution in [0, 0.1) is 0 Å². The Labute approximate surface area is 144 Å². The zero-order valence-corrected chi connectivity index (χ0v) is 15.1. The summed E-state index contributed by atoms with van der Waals surface area (Å²) in [5.74, 6) is -0.140. The van der Waals surface area contributed by atoms with E-state index in [9.17, 15) is 9.59 Å². The maximum absolute atomic E-state index is 12.7. The average molecular weight is 475 g/mol. The number of ketones is 1. The molecule has 0 saturated heterocycles. The zero-order valence-electron chi connectivity index (χ0n) is 10.3. The Morgan fingerprint density at radius 1 is 0.857 bits per heavy atom. The van der Waals surface area contributed by atoms with E-state index in [4.69, 9.17) is 0 Å². The fraction of sp³-hybridized carbons (Fsp3) is 0. The standard InChI is InChI=1S/C14H7Br3N2O2/c15-6-1-2-9(16)7(3-6)13(20)8-4-11-12(5-10(8)17)19-14(21)18-11/h1-5H,(H2,18,19,21). The van der Waals surface area contributed by atoms with Gasteiger partial charge in [0.1, 0.15) is 0 Å². The summed E-state index contributed by atoms with van der Waals surface area (Å²) >= 11 is 10.1. The van der Waals surface area contributed by atoms with Gasteiger partial charge in [0, 0.05) is 24.5 Å². The van der Waals surface area contributed by atoms with Crippen molar-refractivity contribution in [3.8, 4) is 0 Å². The Morgan fingerprint density at radius 3 is 2.19 bits per heavy atom. The lowest BCUT2D eigenvalue weighted by Gasteiger charge is -2.07. The number of carbonyl (C=O) groups excluding carboxylic acids is 1. The molecular weight excluding hydrogens is 468 g/mol. The van der Waals surface area contributed by atoms with Crippen molar-refractivity contribution < 1.29 is 4.79 Å². The van der Waals surface area contributed by atoms with E-state index >= 15 is 0 Å². The summed E-state index contributed by atoms with van der Waals surface area (Å²) in [6, 6.07) is 8.78. The van der Waals surface area contributed by atoms with Crippen molar-refractivity contribution in [2.24, 2.45) is 0 Å². The fourth-order valence-corrected chi connectivity index (χ4v) is 3.36. The van der Waals surface area contributed by atoms with Crippen molar-refractivity contribution >= 4 is 64.6 Å². The summed E-state index contributed by atoms with van der Waals surface area (Å²) in [5, 5.41) is 0. The van der Waals surface area contributed by atoms with Crippen molar-refractivity contribution in [2.45, 2.75) is 0 Å². The Balaban J connectivity index is 2.19. The Hall–Kier alpha value is -1.18. The fourth-order valence-electron chi connectivity index (χ4n) is 2.05. The van der Waals surface area contributed by atoms with E-state index < -0.39 is 0 Å². The van der Waals surface area contributed by atoms with Crippen molar-refractivity contribution in [1.82, 2.24) is 9.97 Å². The van der Waals surface area contributed by atoms with Gasteiger partial charge in [-0.1, -0.05) is 31.9 Å². The molecule has 0 aliphatic rings. The normalized spacial score (nSPS) is 11.0. The van der Waals surface area contributed by atoms with E-state index in [1.165, 1.54) is 0 Å². The number of aromatic amines is 2. The predicted molar refractivity (Wildman–Crippen MR) is 91.9 cm³/mol. The van der Waals surface area contributed by atoms with Gasteiger partial charge < -0.3 is 9.97 Å². The number of hydrogen-bond donors (Lipinski definition) is 2. The largest absolute Gasteiger partial charge is 0.323 e. The maximum atomic E-state index is 12.7. The Morgan fingerprint density at radius 2 is 1.48 bits per heavy atom. The van der Waals surface area contributed by atoms with E-state index in [1.807, 2.05) is 12.1 Å². The van der Waals surface area contributed by atoms with Crippen molar-refractivity contribution in [3.63, 3.8) is 0 Å². The molecule has 106 valence electrons. The molecule has 0 spiro atoms. The van der Waals surface area contributed by atoms with Gasteiger partial charge in [0.2, 0.25) is 0 Å². The molecule has 0 bridgehead atoms. The number of H-pyrrole nitrogens is 2. The minimum absolute atomic E-state index is 0.140. The molecule has 21 heavy (non-hydrogen) atoms. The van der Waals surface area contributed by atoms with E-state index in [0.717, 1.165) is 4.47 Å². The molecule has 0 radical (unpaired) electrons. The first kappa shape index (κ1) is 14.7. The molecule has 0 atom stereocenters. The maximum Gasteiger partial charge on any atom is 0.323 e. The molecule has 3 rings (SSSR count). The van der Waals surface area contributed by atoms with Crippen LogP contribution in [0.3, 0.4) is 0 Å². The van der Waals surface area contributed by atoms with Crippen LogP contribution in [0.2, 0.25) is 0 Å². The first-order chi connectivity index (χ1) is 9.95. The van der Waals surface area contributed by atoms with Crippen LogP contribution in [0.1, 0.15) is 15.9 Å². The van der Waals surface area contributed by atoms with Crippen LogP contribution in [0.25, 0.3) is 11.0 Å². The lowest BCUT2D eigenvalue weighted by Crippen LogP contribution is -2.03. The molecule has 2 aromatic carbocycles. The molecule has 0 aliphatic carbocycles. The molecule has 2 N–H and O–H groups in total. The van der Waals surface area contributed by atoms with Gasteiger partial charge in [-0.2, -0.15) is 0 Å². The summed E-state index contributed by atoms with van der Waals surface area (Å²) in [7, 11) is 0.